The van der Waals surface area contributed by atoms with Gasteiger partial charge in [0.2, 0.25) is 5.91 Å². The molecule has 7 heteroatoms. The van der Waals surface area contributed by atoms with Gasteiger partial charge in [0.1, 0.15) is 5.82 Å². The number of hydrogen-bond acceptors (Lipinski definition) is 3. The lowest BCUT2D eigenvalue weighted by molar-refractivity contribution is -0.132. The van der Waals surface area contributed by atoms with Crippen LogP contribution in [-0.2, 0) is 11.2 Å². The summed E-state index contributed by atoms with van der Waals surface area (Å²) in [5.74, 6) is 1.20. The van der Waals surface area contributed by atoms with Crippen LogP contribution in [0.3, 0.4) is 0 Å². The fraction of sp³-hybridized carbons (Fsp3) is 0.579. The molecule has 5 nitrogen and oxygen atoms in total. The van der Waals surface area contributed by atoms with Crippen LogP contribution >= 0.6 is 24.8 Å². The lowest BCUT2D eigenvalue weighted by atomic mass is 10.2. The minimum atomic E-state index is 0. The highest BCUT2D eigenvalue weighted by atomic mass is 35.5. The molecule has 0 spiro atoms. The van der Waals surface area contributed by atoms with E-state index in [9.17, 15) is 4.79 Å². The van der Waals surface area contributed by atoms with E-state index in [0.717, 1.165) is 29.9 Å². The zero-order chi connectivity index (χ0) is 16.5. The van der Waals surface area contributed by atoms with E-state index in [1.54, 1.807) is 0 Å². The van der Waals surface area contributed by atoms with Crippen LogP contribution in [0.1, 0.15) is 43.5 Å². The molecule has 0 bridgehead atoms. The monoisotopic (exact) mass is 398 g/mol. The van der Waals surface area contributed by atoms with Gasteiger partial charge in [-0.3, -0.25) is 4.79 Å². The SMILES string of the molecule is Cc1cccc2[nH]c(CCC(=O)N(CC3CCCN3)C3CC3)nc12.Cl.Cl. The van der Waals surface area contributed by atoms with Gasteiger partial charge in [-0.1, -0.05) is 12.1 Å². The van der Waals surface area contributed by atoms with Crippen molar-refractivity contribution in [3.63, 3.8) is 0 Å². The van der Waals surface area contributed by atoms with Crippen LogP contribution < -0.4 is 5.32 Å². The number of benzene rings is 1. The molecule has 2 aliphatic rings. The fourth-order valence-corrected chi connectivity index (χ4v) is 3.70. The molecule has 2 N–H and O–H groups in total. The molecule has 1 aliphatic heterocycles. The Morgan fingerprint density at radius 2 is 2.08 bits per heavy atom. The number of carbonyl (C=O) groups excluding carboxylic acids is 1. The standard InChI is InChI=1S/C19H26N4O.2ClH/c1-13-4-2-6-16-19(13)22-17(21-16)9-10-18(24)23(15-7-8-15)12-14-5-3-11-20-14;;/h2,4,6,14-15,20H,3,5,7-12H2,1H3,(H,21,22);2*1H. The van der Waals surface area contributed by atoms with Crippen molar-refractivity contribution in [3.8, 4) is 0 Å². The first-order valence-corrected chi connectivity index (χ1v) is 9.18. The Bertz CT molecular complexity index is 738. The fourth-order valence-electron chi connectivity index (χ4n) is 3.70. The Balaban J connectivity index is 0.00000121. The second-order valence-corrected chi connectivity index (χ2v) is 7.23. The van der Waals surface area contributed by atoms with Crippen molar-refractivity contribution in [2.24, 2.45) is 0 Å². The Hall–Kier alpha value is -1.30. The van der Waals surface area contributed by atoms with Gasteiger partial charge >= 0.3 is 0 Å². The van der Waals surface area contributed by atoms with E-state index in [2.05, 4.69) is 33.2 Å². The molecule has 1 amide bonds. The van der Waals surface area contributed by atoms with Crippen molar-refractivity contribution >= 4 is 41.8 Å². The Labute approximate surface area is 167 Å². The summed E-state index contributed by atoms with van der Waals surface area (Å²) in [5, 5.41) is 3.51. The highest BCUT2D eigenvalue weighted by molar-refractivity contribution is 5.85. The smallest absolute Gasteiger partial charge is 0.223 e. The molecule has 1 saturated carbocycles. The number of H-pyrrole nitrogens is 1. The van der Waals surface area contributed by atoms with E-state index < -0.39 is 0 Å². The Kier molecular flexibility index (Phi) is 7.33. The number of aryl methyl sites for hydroxylation is 2. The van der Waals surface area contributed by atoms with Crippen molar-refractivity contribution < 1.29 is 4.79 Å². The summed E-state index contributed by atoms with van der Waals surface area (Å²) in [6.45, 7) is 4.04. The summed E-state index contributed by atoms with van der Waals surface area (Å²) in [6, 6.07) is 7.12. The molecule has 0 radical (unpaired) electrons. The second-order valence-electron chi connectivity index (χ2n) is 7.23. The largest absolute Gasteiger partial charge is 0.342 e. The van der Waals surface area contributed by atoms with Gasteiger partial charge in [-0.2, -0.15) is 0 Å². The van der Waals surface area contributed by atoms with Gasteiger partial charge in [-0.25, -0.2) is 4.98 Å². The van der Waals surface area contributed by atoms with Crippen LogP contribution in [0.4, 0.5) is 0 Å². The zero-order valence-electron chi connectivity index (χ0n) is 15.2. The lowest BCUT2D eigenvalue weighted by Gasteiger charge is -2.25. The quantitative estimate of drug-likeness (QED) is 0.783. The number of nitrogens with one attached hydrogen (secondary N) is 2. The van der Waals surface area contributed by atoms with Crippen LogP contribution in [0, 0.1) is 6.92 Å². The van der Waals surface area contributed by atoms with Crippen LogP contribution in [-0.4, -0.2) is 45.9 Å². The van der Waals surface area contributed by atoms with Gasteiger partial charge in [0, 0.05) is 31.5 Å². The molecule has 2 heterocycles. The number of imidazole rings is 1. The maximum absolute atomic E-state index is 12.7. The normalized spacial score (nSPS) is 19.0. The summed E-state index contributed by atoms with van der Waals surface area (Å²) in [7, 11) is 0. The van der Waals surface area contributed by atoms with Gasteiger partial charge < -0.3 is 15.2 Å². The molecule has 1 unspecified atom stereocenters. The number of halogens is 2. The third-order valence-corrected chi connectivity index (χ3v) is 5.23. The van der Waals surface area contributed by atoms with Gasteiger partial charge in [0.25, 0.3) is 0 Å². The van der Waals surface area contributed by atoms with Crippen LogP contribution in [0.25, 0.3) is 11.0 Å². The zero-order valence-corrected chi connectivity index (χ0v) is 16.8. The number of amides is 1. The summed E-state index contributed by atoms with van der Waals surface area (Å²) < 4.78 is 0. The first-order valence-electron chi connectivity index (χ1n) is 9.18. The number of aromatic nitrogens is 2. The molecule has 2 fully saturated rings. The molecule has 1 saturated heterocycles. The maximum Gasteiger partial charge on any atom is 0.223 e. The molecule has 144 valence electrons. The van der Waals surface area contributed by atoms with E-state index in [1.165, 1.54) is 31.2 Å². The minimum Gasteiger partial charge on any atom is -0.342 e. The van der Waals surface area contributed by atoms with Crippen molar-refractivity contribution in [1.29, 1.82) is 0 Å². The third-order valence-electron chi connectivity index (χ3n) is 5.23. The van der Waals surface area contributed by atoms with Crippen molar-refractivity contribution in [2.75, 3.05) is 13.1 Å². The van der Waals surface area contributed by atoms with Gasteiger partial charge in [0.05, 0.1) is 11.0 Å². The topological polar surface area (TPSA) is 61.0 Å². The Morgan fingerprint density at radius 1 is 1.27 bits per heavy atom. The molecule has 1 aromatic carbocycles. The van der Waals surface area contributed by atoms with E-state index in [-0.39, 0.29) is 30.7 Å². The number of aromatic amines is 1. The minimum absolute atomic E-state index is 0. The molecule has 4 rings (SSSR count). The third kappa shape index (κ3) is 4.70. The molecule has 1 aliphatic carbocycles. The van der Waals surface area contributed by atoms with E-state index in [4.69, 9.17) is 0 Å². The lowest BCUT2D eigenvalue weighted by Crippen LogP contribution is -2.42. The summed E-state index contributed by atoms with van der Waals surface area (Å²) in [6.07, 6.45) is 6.00. The second kappa shape index (κ2) is 9.07. The number of nitrogens with zero attached hydrogens (tertiary/aromatic N) is 2. The van der Waals surface area contributed by atoms with Crippen molar-refractivity contribution in [3.05, 3.63) is 29.6 Å². The van der Waals surface area contributed by atoms with Crippen LogP contribution in [0.15, 0.2) is 18.2 Å². The average molecular weight is 399 g/mol. The van der Waals surface area contributed by atoms with Gasteiger partial charge in [0.15, 0.2) is 0 Å². The first-order chi connectivity index (χ1) is 11.7. The number of fused-ring (bicyclic) bond motifs is 1. The average Bonchev–Trinajstić information content (AvgIpc) is 3.11. The van der Waals surface area contributed by atoms with E-state index >= 15 is 0 Å². The maximum atomic E-state index is 12.7. The molecular formula is C19H28Cl2N4O. The van der Waals surface area contributed by atoms with Crippen molar-refractivity contribution in [2.45, 2.75) is 57.5 Å². The molecule has 1 aromatic heterocycles. The predicted octanol–water partition coefficient (Wildman–Crippen LogP) is 3.39. The first kappa shape index (κ1) is 21.0. The summed E-state index contributed by atoms with van der Waals surface area (Å²) in [5.41, 5.74) is 3.26. The number of rotatable bonds is 6. The van der Waals surface area contributed by atoms with Gasteiger partial charge in [-0.15, -0.1) is 24.8 Å². The van der Waals surface area contributed by atoms with Crippen molar-refractivity contribution in [1.82, 2.24) is 20.2 Å². The molecular weight excluding hydrogens is 371 g/mol. The highest BCUT2D eigenvalue weighted by Crippen LogP contribution is 2.28. The summed E-state index contributed by atoms with van der Waals surface area (Å²) >= 11 is 0. The molecule has 26 heavy (non-hydrogen) atoms. The van der Waals surface area contributed by atoms with Crippen LogP contribution in [0.2, 0.25) is 0 Å². The number of para-hydroxylation sites is 1. The van der Waals surface area contributed by atoms with E-state index in [0.29, 0.717) is 24.9 Å². The molecule has 1 atom stereocenters. The summed E-state index contributed by atoms with van der Waals surface area (Å²) in [4.78, 5) is 22.9. The molecule has 2 aromatic rings. The van der Waals surface area contributed by atoms with E-state index in [1.807, 2.05) is 12.1 Å². The Morgan fingerprint density at radius 3 is 2.73 bits per heavy atom. The van der Waals surface area contributed by atoms with Gasteiger partial charge in [-0.05, 0) is 50.8 Å². The highest BCUT2D eigenvalue weighted by Gasteiger charge is 2.34. The van der Waals surface area contributed by atoms with Crippen LogP contribution in [0.5, 0.6) is 0 Å². The predicted molar refractivity (Wildman–Crippen MR) is 109 cm³/mol. The number of carbonyl (C=O) groups is 1. The number of hydrogen-bond donors (Lipinski definition) is 2.